The highest BCUT2D eigenvalue weighted by atomic mass is 16.6. The van der Waals surface area contributed by atoms with Gasteiger partial charge in [0.25, 0.3) is 0 Å². The molecule has 7 heteroatoms. The van der Waals surface area contributed by atoms with Crippen LogP contribution in [0.3, 0.4) is 0 Å². The second-order valence-corrected chi connectivity index (χ2v) is 4.91. The first kappa shape index (κ1) is 16.8. The molecule has 0 bridgehead atoms. The number of ketones is 2. The molecule has 1 aromatic carbocycles. The normalized spacial score (nSPS) is 15.5. The first-order valence-corrected chi connectivity index (χ1v) is 7.13. The van der Waals surface area contributed by atoms with Crippen molar-refractivity contribution in [2.75, 3.05) is 13.2 Å². The van der Waals surface area contributed by atoms with Crippen LogP contribution in [0.25, 0.3) is 0 Å². The minimum atomic E-state index is -2.85. The van der Waals surface area contributed by atoms with E-state index >= 15 is 0 Å². The Balaban J connectivity index is 2.54. The molecule has 0 radical (unpaired) electrons. The maximum atomic E-state index is 12.5. The number of Topliss-reactive ketones (excluding diaryl/α,β-unsaturated/α-hetero) is 2. The predicted octanol–water partition coefficient (Wildman–Crippen LogP) is 0.539. The molecule has 122 valence electrons. The lowest BCUT2D eigenvalue weighted by Crippen LogP contribution is -2.55. The van der Waals surface area contributed by atoms with E-state index in [0.717, 1.165) is 0 Å². The molecule has 0 amide bonds. The molecule has 1 aromatic rings. The minimum Gasteiger partial charge on any atom is -0.465 e. The van der Waals surface area contributed by atoms with Gasteiger partial charge >= 0.3 is 11.9 Å². The van der Waals surface area contributed by atoms with Gasteiger partial charge in [0.15, 0.2) is 5.92 Å². The van der Waals surface area contributed by atoms with Crippen molar-refractivity contribution in [1.82, 2.24) is 0 Å². The van der Waals surface area contributed by atoms with E-state index in [-0.39, 0.29) is 24.3 Å². The lowest BCUT2D eigenvalue weighted by atomic mass is 9.83. The molecule has 1 N–H and O–H groups in total. The second-order valence-electron chi connectivity index (χ2n) is 4.91. The van der Waals surface area contributed by atoms with Crippen molar-refractivity contribution in [3.8, 4) is 0 Å². The molecule has 1 aliphatic carbocycles. The quantitative estimate of drug-likeness (QED) is 0.623. The third kappa shape index (κ3) is 2.53. The van der Waals surface area contributed by atoms with Crippen LogP contribution in [0.15, 0.2) is 24.3 Å². The first-order valence-electron chi connectivity index (χ1n) is 7.13. The summed E-state index contributed by atoms with van der Waals surface area (Å²) in [6.07, 6.45) is 0. The molecule has 7 nitrogen and oxygen atoms in total. The van der Waals surface area contributed by atoms with Crippen molar-refractivity contribution in [2.45, 2.75) is 19.4 Å². The van der Waals surface area contributed by atoms with Crippen molar-refractivity contribution in [3.63, 3.8) is 0 Å². The average molecular weight is 320 g/mol. The molecule has 0 unspecified atom stereocenters. The van der Waals surface area contributed by atoms with Gasteiger partial charge in [-0.1, -0.05) is 24.3 Å². The number of ether oxygens (including phenoxy) is 2. The Bertz CT molecular complexity index is 624. The zero-order valence-electron chi connectivity index (χ0n) is 12.7. The molecular formula is C16H16O7. The van der Waals surface area contributed by atoms with E-state index in [4.69, 9.17) is 9.47 Å². The van der Waals surface area contributed by atoms with Crippen LogP contribution in [0.5, 0.6) is 0 Å². The van der Waals surface area contributed by atoms with E-state index in [1.807, 2.05) is 0 Å². The van der Waals surface area contributed by atoms with E-state index in [0.29, 0.717) is 0 Å². The van der Waals surface area contributed by atoms with Crippen LogP contribution >= 0.6 is 0 Å². The minimum absolute atomic E-state index is 0.0430. The first-order chi connectivity index (χ1) is 10.9. The van der Waals surface area contributed by atoms with Crippen molar-refractivity contribution in [3.05, 3.63) is 35.4 Å². The zero-order valence-corrected chi connectivity index (χ0v) is 12.7. The summed E-state index contributed by atoms with van der Waals surface area (Å²) in [5.74, 6) is -6.44. The van der Waals surface area contributed by atoms with Gasteiger partial charge in [-0.2, -0.15) is 0 Å². The lowest BCUT2D eigenvalue weighted by molar-refractivity contribution is -0.168. The summed E-state index contributed by atoms with van der Waals surface area (Å²) in [6, 6.07) is 5.72. The van der Waals surface area contributed by atoms with Gasteiger partial charge < -0.3 is 14.6 Å². The van der Waals surface area contributed by atoms with Gasteiger partial charge in [0, 0.05) is 11.1 Å². The number of fused-ring (bicyclic) bond motifs is 1. The summed E-state index contributed by atoms with van der Waals surface area (Å²) < 4.78 is 9.48. The van der Waals surface area contributed by atoms with Crippen LogP contribution in [0.2, 0.25) is 0 Å². The summed E-state index contributed by atoms with van der Waals surface area (Å²) in [4.78, 5) is 49.2. The fourth-order valence-corrected chi connectivity index (χ4v) is 2.54. The lowest BCUT2D eigenvalue weighted by Gasteiger charge is -2.26. The number of carbonyl (C=O) groups is 4. The van der Waals surface area contributed by atoms with E-state index in [1.165, 1.54) is 38.1 Å². The average Bonchev–Trinajstić information content (AvgIpc) is 2.71. The van der Waals surface area contributed by atoms with Crippen molar-refractivity contribution in [1.29, 1.82) is 0 Å². The second kappa shape index (κ2) is 6.29. The third-order valence-corrected chi connectivity index (χ3v) is 3.57. The topological polar surface area (TPSA) is 107 Å². The van der Waals surface area contributed by atoms with Crippen LogP contribution in [0.1, 0.15) is 34.6 Å². The molecule has 23 heavy (non-hydrogen) atoms. The number of benzene rings is 1. The van der Waals surface area contributed by atoms with E-state index in [2.05, 4.69) is 0 Å². The van der Waals surface area contributed by atoms with Gasteiger partial charge in [-0.3, -0.25) is 19.2 Å². The van der Waals surface area contributed by atoms with E-state index in [9.17, 15) is 24.3 Å². The largest absolute Gasteiger partial charge is 0.465 e. The van der Waals surface area contributed by atoms with E-state index < -0.39 is 35.0 Å². The molecule has 0 heterocycles. The van der Waals surface area contributed by atoms with Crippen LogP contribution in [-0.2, 0) is 19.1 Å². The molecule has 0 aliphatic heterocycles. The smallest absolute Gasteiger partial charge is 0.324 e. The number of hydrogen-bond acceptors (Lipinski definition) is 7. The van der Waals surface area contributed by atoms with Gasteiger partial charge in [0.2, 0.25) is 17.2 Å². The third-order valence-electron chi connectivity index (χ3n) is 3.57. The highest BCUT2D eigenvalue weighted by Gasteiger charge is 2.63. The van der Waals surface area contributed by atoms with E-state index in [1.54, 1.807) is 0 Å². The maximum Gasteiger partial charge on any atom is 0.324 e. The molecule has 1 aliphatic rings. The molecule has 0 saturated carbocycles. The maximum absolute atomic E-state index is 12.5. The summed E-state index contributed by atoms with van der Waals surface area (Å²) in [5, 5.41) is 10.7. The number of hydrogen-bond donors (Lipinski definition) is 1. The molecule has 0 saturated heterocycles. The van der Waals surface area contributed by atoms with Gasteiger partial charge in [0.05, 0.1) is 13.2 Å². The van der Waals surface area contributed by atoms with Gasteiger partial charge in [-0.15, -0.1) is 0 Å². The van der Waals surface area contributed by atoms with Crippen molar-refractivity contribution < 1.29 is 33.8 Å². The highest BCUT2D eigenvalue weighted by Crippen LogP contribution is 2.36. The Morgan fingerprint density at radius 1 is 1.00 bits per heavy atom. The van der Waals surface area contributed by atoms with Crippen molar-refractivity contribution >= 4 is 23.5 Å². The molecular weight excluding hydrogens is 304 g/mol. The highest BCUT2D eigenvalue weighted by molar-refractivity contribution is 6.35. The molecule has 0 spiro atoms. The Morgan fingerprint density at radius 3 is 1.74 bits per heavy atom. The van der Waals surface area contributed by atoms with Gasteiger partial charge in [0.1, 0.15) is 0 Å². The Kier molecular flexibility index (Phi) is 4.60. The molecule has 0 atom stereocenters. The number of esters is 2. The van der Waals surface area contributed by atoms with Crippen LogP contribution in [0, 0.1) is 5.92 Å². The molecule has 2 rings (SSSR count). The zero-order chi connectivity index (χ0) is 17.2. The molecule has 0 aromatic heterocycles. The number of rotatable bonds is 5. The number of aliphatic hydroxyl groups is 1. The Hall–Kier alpha value is -2.54. The fraction of sp³-hybridized carbons (Fsp3) is 0.375. The summed E-state index contributed by atoms with van der Waals surface area (Å²) in [7, 11) is 0. The summed E-state index contributed by atoms with van der Waals surface area (Å²) >= 11 is 0. The summed E-state index contributed by atoms with van der Waals surface area (Å²) in [5.41, 5.74) is -2.93. The van der Waals surface area contributed by atoms with Gasteiger partial charge in [-0.25, -0.2) is 0 Å². The monoisotopic (exact) mass is 320 g/mol. The predicted molar refractivity (Wildman–Crippen MR) is 76.8 cm³/mol. The number of carbonyl (C=O) groups excluding carboxylic acids is 4. The van der Waals surface area contributed by atoms with Crippen LogP contribution in [0.4, 0.5) is 0 Å². The van der Waals surface area contributed by atoms with Crippen LogP contribution in [-0.4, -0.2) is 47.4 Å². The molecule has 0 fully saturated rings. The summed E-state index contributed by atoms with van der Waals surface area (Å²) in [6.45, 7) is 2.83. The standard InChI is InChI=1S/C16H16O7/c1-3-22-14(19)11(15(20)23-4-2)16(21)12(17)9-7-5-6-8-10(9)13(16)18/h5-8,11,21H,3-4H2,1-2H3. The Morgan fingerprint density at radius 2 is 1.39 bits per heavy atom. The SMILES string of the molecule is CCOC(=O)C(C(=O)OCC)C1(O)C(=O)c2ccccc2C1=O. The van der Waals surface area contributed by atoms with Crippen molar-refractivity contribution in [2.24, 2.45) is 5.92 Å². The Labute approximate surface area is 132 Å². The fourth-order valence-electron chi connectivity index (χ4n) is 2.54. The van der Waals surface area contributed by atoms with Crippen LogP contribution < -0.4 is 0 Å². The van der Waals surface area contributed by atoms with Gasteiger partial charge in [-0.05, 0) is 13.8 Å².